The molecule has 0 unspecified atom stereocenters. The summed E-state index contributed by atoms with van der Waals surface area (Å²) in [6, 6.07) is 10.3. The Balaban J connectivity index is 1.93. The predicted molar refractivity (Wildman–Crippen MR) is 80.9 cm³/mol. The van der Waals surface area contributed by atoms with Crippen LogP contribution in [0.2, 0.25) is 0 Å². The van der Waals surface area contributed by atoms with Crippen LogP contribution in [0.25, 0.3) is 0 Å². The van der Waals surface area contributed by atoms with Gasteiger partial charge in [0, 0.05) is 12.1 Å². The summed E-state index contributed by atoms with van der Waals surface area (Å²) in [6.45, 7) is 7.88. The molecule has 0 spiro atoms. The molecular weight excluding hydrogens is 250 g/mol. The summed E-state index contributed by atoms with van der Waals surface area (Å²) >= 11 is 0. The van der Waals surface area contributed by atoms with Crippen LogP contribution in [0.1, 0.15) is 37.7 Å². The lowest BCUT2D eigenvalue weighted by Gasteiger charge is -2.19. The van der Waals surface area contributed by atoms with E-state index in [0.29, 0.717) is 6.61 Å². The van der Waals surface area contributed by atoms with Crippen LogP contribution in [0.4, 0.5) is 0 Å². The summed E-state index contributed by atoms with van der Waals surface area (Å²) in [5, 5.41) is 3.09. The maximum Gasteiger partial charge on any atom is 0.146 e. The van der Waals surface area contributed by atoms with Crippen molar-refractivity contribution in [3.63, 3.8) is 0 Å². The van der Waals surface area contributed by atoms with Crippen LogP contribution >= 0.6 is 0 Å². The van der Waals surface area contributed by atoms with Crippen LogP contribution in [-0.2, 0) is 18.6 Å². The maximum atomic E-state index is 5.74. The topological polar surface area (TPSA) is 34.4 Å². The largest absolute Gasteiger partial charge is 0.486 e. The number of furan rings is 1. The van der Waals surface area contributed by atoms with E-state index in [9.17, 15) is 0 Å². The van der Waals surface area contributed by atoms with Crippen LogP contribution in [0.3, 0.4) is 0 Å². The van der Waals surface area contributed by atoms with E-state index in [2.05, 4.69) is 38.2 Å². The average Bonchev–Trinajstić information content (AvgIpc) is 2.84. The summed E-state index contributed by atoms with van der Waals surface area (Å²) < 4.78 is 11.2. The van der Waals surface area contributed by atoms with Crippen molar-refractivity contribution in [2.24, 2.45) is 0 Å². The summed E-state index contributed by atoms with van der Waals surface area (Å²) in [6.07, 6.45) is 1.76. The first kappa shape index (κ1) is 14.7. The van der Waals surface area contributed by atoms with E-state index in [-0.39, 0.29) is 5.41 Å². The third kappa shape index (κ3) is 3.87. The van der Waals surface area contributed by atoms with Crippen LogP contribution in [0.5, 0.6) is 5.75 Å². The summed E-state index contributed by atoms with van der Waals surface area (Å²) in [4.78, 5) is 0. The van der Waals surface area contributed by atoms with Gasteiger partial charge in [-0.25, -0.2) is 0 Å². The molecule has 2 rings (SSSR count). The summed E-state index contributed by atoms with van der Waals surface area (Å²) in [5.74, 6) is 1.71. The average molecular weight is 273 g/mol. The number of ether oxygens (including phenoxy) is 1. The molecule has 0 aliphatic heterocycles. The Morgan fingerprint density at radius 3 is 2.45 bits per heavy atom. The van der Waals surface area contributed by atoms with Crippen molar-refractivity contribution >= 4 is 0 Å². The quantitative estimate of drug-likeness (QED) is 0.898. The molecule has 0 bridgehead atoms. The van der Waals surface area contributed by atoms with Crippen LogP contribution in [0.15, 0.2) is 41.0 Å². The van der Waals surface area contributed by atoms with Crippen molar-refractivity contribution in [2.45, 2.75) is 39.3 Å². The number of benzene rings is 1. The molecule has 0 saturated carbocycles. The number of rotatable bonds is 5. The molecule has 1 aromatic heterocycles. The molecular formula is C17H23NO2. The van der Waals surface area contributed by atoms with Gasteiger partial charge >= 0.3 is 0 Å². The second kappa shape index (κ2) is 6.14. The molecule has 108 valence electrons. The smallest absolute Gasteiger partial charge is 0.146 e. The van der Waals surface area contributed by atoms with E-state index in [4.69, 9.17) is 9.15 Å². The lowest BCUT2D eigenvalue weighted by atomic mass is 9.87. The Morgan fingerprint density at radius 1 is 1.15 bits per heavy atom. The minimum atomic E-state index is 0.168. The van der Waals surface area contributed by atoms with Crippen LogP contribution in [0, 0.1) is 0 Å². The highest BCUT2D eigenvalue weighted by Gasteiger charge is 2.13. The fraction of sp³-hybridized carbons (Fsp3) is 0.412. The van der Waals surface area contributed by atoms with Crippen molar-refractivity contribution < 1.29 is 9.15 Å². The maximum absolute atomic E-state index is 5.74. The second-order valence-corrected chi connectivity index (χ2v) is 6.01. The van der Waals surface area contributed by atoms with Gasteiger partial charge in [0.15, 0.2) is 0 Å². The Morgan fingerprint density at radius 2 is 1.85 bits per heavy atom. The first-order chi connectivity index (χ1) is 9.49. The van der Waals surface area contributed by atoms with Crippen LogP contribution < -0.4 is 10.1 Å². The summed E-state index contributed by atoms with van der Waals surface area (Å²) in [5.41, 5.74) is 2.61. The number of hydrogen-bond donors (Lipinski definition) is 1. The van der Waals surface area contributed by atoms with Gasteiger partial charge in [0.05, 0.1) is 6.26 Å². The van der Waals surface area contributed by atoms with Crippen molar-refractivity contribution in [2.75, 3.05) is 7.05 Å². The molecule has 2 aromatic rings. The molecule has 0 amide bonds. The molecule has 0 fully saturated rings. The lowest BCUT2D eigenvalue weighted by Crippen LogP contribution is -2.10. The van der Waals surface area contributed by atoms with Crippen molar-refractivity contribution in [3.05, 3.63) is 53.5 Å². The van der Waals surface area contributed by atoms with Crippen LogP contribution in [-0.4, -0.2) is 7.05 Å². The number of nitrogens with one attached hydrogen (secondary N) is 1. The molecule has 3 heteroatoms. The molecule has 1 N–H and O–H groups in total. The van der Waals surface area contributed by atoms with Gasteiger partial charge in [0.2, 0.25) is 0 Å². The second-order valence-electron chi connectivity index (χ2n) is 6.01. The van der Waals surface area contributed by atoms with Gasteiger partial charge in [-0.1, -0.05) is 32.9 Å². The fourth-order valence-electron chi connectivity index (χ4n) is 2.00. The van der Waals surface area contributed by atoms with E-state index in [1.54, 1.807) is 6.26 Å². The molecule has 3 nitrogen and oxygen atoms in total. The SMILES string of the molecule is CNCc1coc(COc2ccc(C(C)(C)C)cc2)c1. The Labute approximate surface area is 121 Å². The summed E-state index contributed by atoms with van der Waals surface area (Å²) in [7, 11) is 1.92. The molecule has 20 heavy (non-hydrogen) atoms. The molecule has 0 atom stereocenters. The van der Waals surface area contributed by atoms with E-state index >= 15 is 0 Å². The molecule has 0 aliphatic rings. The highest BCUT2D eigenvalue weighted by atomic mass is 16.5. The van der Waals surface area contributed by atoms with Gasteiger partial charge in [-0.15, -0.1) is 0 Å². The highest BCUT2D eigenvalue weighted by molar-refractivity contribution is 5.31. The fourth-order valence-corrected chi connectivity index (χ4v) is 2.00. The molecule has 1 heterocycles. The first-order valence-electron chi connectivity index (χ1n) is 6.93. The number of hydrogen-bond acceptors (Lipinski definition) is 3. The van der Waals surface area contributed by atoms with E-state index in [0.717, 1.165) is 23.6 Å². The molecule has 0 radical (unpaired) electrons. The molecule has 0 aliphatic carbocycles. The van der Waals surface area contributed by atoms with E-state index in [1.165, 1.54) is 5.56 Å². The Bertz CT molecular complexity index is 535. The zero-order valence-electron chi connectivity index (χ0n) is 12.7. The van der Waals surface area contributed by atoms with Gasteiger partial charge < -0.3 is 14.5 Å². The third-order valence-electron chi connectivity index (χ3n) is 3.19. The van der Waals surface area contributed by atoms with Gasteiger partial charge in [-0.05, 0) is 36.2 Å². The van der Waals surface area contributed by atoms with Gasteiger partial charge in [0.25, 0.3) is 0 Å². The zero-order chi connectivity index (χ0) is 14.6. The minimum absolute atomic E-state index is 0.168. The predicted octanol–water partition coefficient (Wildman–Crippen LogP) is 3.88. The standard InChI is InChI=1S/C17H23NO2/c1-17(2,3)14-5-7-15(8-6-14)20-12-16-9-13(10-18-4)11-19-16/h5-9,11,18H,10,12H2,1-4H3. The Hall–Kier alpha value is -1.74. The molecule has 0 saturated heterocycles. The van der Waals surface area contributed by atoms with Crippen molar-refractivity contribution in [1.82, 2.24) is 5.32 Å². The zero-order valence-corrected chi connectivity index (χ0v) is 12.7. The monoisotopic (exact) mass is 273 g/mol. The first-order valence-corrected chi connectivity index (χ1v) is 6.93. The van der Waals surface area contributed by atoms with E-state index in [1.807, 2.05) is 25.2 Å². The third-order valence-corrected chi connectivity index (χ3v) is 3.19. The Kier molecular flexibility index (Phi) is 4.50. The van der Waals surface area contributed by atoms with Gasteiger partial charge in [-0.2, -0.15) is 0 Å². The normalized spacial score (nSPS) is 11.6. The molecule has 1 aromatic carbocycles. The lowest BCUT2D eigenvalue weighted by molar-refractivity contribution is 0.270. The van der Waals surface area contributed by atoms with Crippen molar-refractivity contribution in [3.8, 4) is 5.75 Å². The van der Waals surface area contributed by atoms with Gasteiger partial charge in [-0.3, -0.25) is 0 Å². The minimum Gasteiger partial charge on any atom is -0.486 e. The highest BCUT2D eigenvalue weighted by Crippen LogP contribution is 2.24. The van der Waals surface area contributed by atoms with Crippen molar-refractivity contribution in [1.29, 1.82) is 0 Å². The van der Waals surface area contributed by atoms with E-state index < -0.39 is 0 Å². The van der Waals surface area contributed by atoms with Gasteiger partial charge in [0.1, 0.15) is 18.1 Å².